The standard InChI is InChI=1S/C20H24ClN3O/c1-13-6-8-15(9-7-13)20(25)23-18-12-19(17(22)11-16(18)21)24-10-4-3-5-14(24)2/h6-9,11-12,14H,3-5,10,22H2,1-2H3,(H,23,25)/t14-/m1/s1. The third kappa shape index (κ3) is 3.90. The lowest BCUT2D eigenvalue weighted by molar-refractivity contribution is 0.102. The van der Waals surface area contributed by atoms with E-state index in [1.807, 2.05) is 37.3 Å². The summed E-state index contributed by atoms with van der Waals surface area (Å²) >= 11 is 6.32. The van der Waals surface area contributed by atoms with Gasteiger partial charge < -0.3 is 16.0 Å². The number of rotatable bonds is 3. The van der Waals surface area contributed by atoms with Gasteiger partial charge in [0.05, 0.1) is 22.1 Å². The molecule has 1 heterocycles. The molecular weight excluding hydrogens is 334 g/mol. The molecule has 5 heteroatoms. The fourth-order valence-electron chi connectivity index (χ4n) is 3.28. The molecule has 1 amide bonds. The van der Waals surface area contributed by atoms with Crippen LogP contribution in [0.25, 0.3) is 0 Å². The van der Waals surface area contributed by atoms with E-state index >= 15 is 0 Å². The van der Waals surface area contributed by atoms with Gasteiger partial charge in [0.1, 0.15) is 0 Å². The highest BCUT2D eigenvalue weighted by Gasteiger charge is 2.22. The van der Waals surface area contributed by atoms with Gasteiger partial charge in [0, 0.05) is 18.2 Å². The van der Waals surface area contributed by atoms with Gasteiger partial charge in [-0.3, -0.25) is 4.79 Å². The van der Waals surface area contributed by atoms with Crippen LogP contribution in [0.15, 0.2) is 36.4 Å². The summed E-state index contributed by atoms with van der Waals surface area (Å²) in [6.07, 6.45) is 3.53. The van der Waals surface area contributed by atoms with Crippen LogP contribution < -0.4 is 16.0 Å². The van der Waals surface area contributed by atoms with Crippen LogP contribution in [-0.2, 0) is 0 Å². The molecule has 0 radical (unpaired) electrons. The topological polar surface area (TPSA) is 58.4 Å². The molecule has 1 atom stereocenters. The zero-order valence-corrected chi connectivity index (χ0v) is 15.4. The maximum absolute atomic E-state index is 12.5. The summed E-state index contributed by atoms with van der Waals surface area (Å²) in [5.74, 6) is -0.177. The Morgan fingerprint density at radius 1 is 1.24 bits per heavy atom. The lowest BCUT2D eigenvalue weighted by Gasteiger charge is -2.36. The molecule has 0 saturated carbocycles. The first-order valence-electron chi connectivity index (χ1n) is 8.69. The fraction of sp³-hybridized carbons (Fsp3) is 0.350. The van der Waals surface area contributed by atoms with E-state index in [0.29, 0.717) is 28.0 Å². The number of carbonyl (C=O) groups excluding carboxylic acids is 1. The highest BCUT2D eigenvalue weighted by molar-refractivity contribution is 6.34. The number of carbonyl (C=O) groups is 1. The summed E-state index contributed by atoms with van der Waals surface area (Å²) < 4.78 is 0. The van der Waals surface area contributed by atoms with Crippen molar-refractivity contribution in [3.63, 3.8) is 0 Å². The molecule has 3 N–H and O–H groups in total. The molecule has 3 rings (SSSR count). The number of piperidine rings is 1. The average molecular weight is 358 g/mol. The van der Waals surface area contributed by atoms with E-state index in [-0.39, 0.29) is 5.91 Å². The number of benzene rings is 2. The lowest BCUT2D eigenvalue weighted by Crippen LogP contribution is -2.37. The SMILES string of the molecule is Cc1ccc(C(=O)Nc2cc(N3CCCC[C@H]3C)c(N)cc2Cl)cc1. The number of hydrogen-bond acceptors (Lipinski definition) is 3. The van der Waals surface area contributed by atoms with Crippen molar-refractivity contribution in [2.45, 2.75) is 39.2 Å². The van der Waals surface area contributed by atoms with Crippen molar-refractivity contribution in [3.05, 3.63) is 52.5 Å². The number of amides is 1. The van der Waals surface area contributed by atoms with Gasteiger partial charge in [0.2, 0.25) is 0 Å². The molecule has 2 aromatic carbocycles. The number of nitrogens with zero attached hydrogens (tertiary/aromatic N) is 1. The van der Waals surface area contributed by atoms with Gasteiger partial charge in [0.15, 0.2) is 0 Å². The fourth-order valence-corrected chi connectivity index (χ4v) is 3.50. The van der Waals surface area contributed by atoms with Gasteiger partial charge in [-0.2, -0.15) is 0 Å². The summed E-state index contributed by atoms with van der Waals surface area (Å²) in [6.45, 7) is 5.17. The number of anilines is 3. The van der Waals surface area contributed by atoms with Crippen molar-refractivity contribution in [1.29, 1.82) is 0 Å². The van der Waals surface area contributed by atoms with Crippen molar-refractivity contribution in [3.8, 4) is 0 Å². The monoisotopic (exact) mass is 357 g/mol. The van der Waals surface area contributed by atoms with Crippen molar-refractivity contribution < 1.29 is 4.79 Å². The van der Waals surface area contributed by atoms with E-state index in [2.05, 4.69) is 17.1 Å². The smallest absolute Gasteiger partial charge is 0.255 e. The van der Waals surface area contributed by atoms with Gasteiger partial charge in [-0.15, -0.1) is 0 Å². The maximum Gasteiger partial charge on any atom is 0.255 e. The number of nitrogens with two attached hydrogens (primary N) is 1. The third-order valence-corrected chi connectivity index (χ3v) is 5.10. The minimum Gasteiger partial charge on any atom is -0.397 e. The molecule has 0 aliphatic carbocycles. The highest BCUT2D eigenvalue weighted by Crippen LogP contribution is 2.36. The highest BCUT2D eigenvalue weighted by atomic mass is 35.5. The number of aryl methyl sites for hydroxylation is 1. The van der Waals surface area contributed by atoms with Crippen molar-refractivity contribution in [2.24, 2.45) is 0 Å². The normalized spacial score (nSPS) is 17.4. The van der Waals surface area contributed by atoms with E-state index in [1.54, 1.807) is 6.07 Å². The Kier molecular flexibility index (Phi) is 5.19. The Morgan fingerprint density at radius 3 is 2.64 bits per heavy atom. The van der Waals surface area contributed by atoms with Gasteiger partial charge in [-0.05, 0) is 57.4 Å². The van der Waals surface area contributed by atoms with Crippen LogP contribution in [0.3, 0.4) is 0 Å². The van der Waals surface area contributed by atoms with Crippen LogP contribution in [0.2, 0.25) is 5.02 Å². The summed E-state index contributed by atoms with van der Waals surface area (Å²) in [5.41, 5.74) is 10.1. The molecule has 2 aromatic rings. The van der Waals surface area contributed by atoms with Crippen LogP contribution in [0.4, 0.5) is 17.1 Å². The third-order valence-electron chi connectivity index (χ3n) is 4.79. The molecule has 1 saturated heterocycles. The second kappa shape index (κ2) is 7.36. The average Bonchev–Trinajstić information content (AvgIpc) is 2.58. The van der Waals surface area contributed by atoms with E-state index < -0.39 is 0 Å². The minimum absolute atomic E-state index is 0.177. The quantitative estimate of drug-likeness (QED) is 0.771. The van der Waals surface area contributed by atoms with Crippen LogP contribution >= 0.6 is 11.6 Å². The molecular formula is C20H24ClN3O. The maximum atomic E-state index is 12.5. The Hall–Kier alpha value is -2.20. The number of nitrogens with one attached hydrogen (secondary N) is 1. The Bertz CT molecular complexity index is 773. The predicted octanol–water partition coefficient (Wildman–Crippen LogP) is 4.86. The molecule has 1 aliphatic rings. The molecule has 1 fully saturated rings. The van der Waals surface area contributed by atoms with Crippen molar-refractivity contribution in [2.75, 3.05) is 22.5 Å². The van der Waals surface area contributed by atoms with Gasteiger partial charge in [-0.1, -0.05) is 29.3 Å². The number of nitrogen functional groups attached to an aromatic ring is 1. The van der Waals surface area contributed by atoms with E-state index in [1.165, 1.54) is 6.42 Å². The first-order valence-corrected chi connectivity index (χ1v) is 9.07. The Balaban J connectivity index is 1.87. The van der Waals surface area contributed by atoms with Gasteiger partial charge >= 0.3 is 0 Å². The lowest BCUT2D eigenvalue weighted by atomic mass is 10.0. The van der Waals surface area contributed by atoms with Crippen LogP contribution in [0, 0.1) is 6.92 Å². The summed E-state index contributed by atoms with van der Waals surface area (Å²) in [4.78, 5) is 14.8. The molecule has 0 unspecified atom stereocenters. The summed E-state index contributed by atoms with van der Waals surface area (Å²) in [7, 11) is 0. The van der Waals surface area contributed by atoms with E-state index in [0.717, 1.165) is 30.6 Å². The first kappa shape index (κ1) is 17.6. The number of hydrogen-bond donors (Lipinski definition) is 2. The van der Waals surface area contributed by atoms with E-state index in [4.69, 9.17) is 17.3 Å². The molecule has 1 aliphatic heterocycles. The van der Waals surface area contributed by atoms with Crippen LogP contribution in [-0.4, -0.2) is 18.5 Å². The predicted molar refractivity (Wildman–Crippen MR) is 106 cm³/mol. The number of halogens is 1. The van der Waals surface area contributed by atoms with Crippen molar-refractivity contribution in [1.82, 2.24) is 0 Å². The molecule has 132 valence electrons. The second-order valence-corrected chi connectivity index (χ2v) is 7.16. The van der Waals surface area contributed by atoms with E-state index in [9.17, 15) is 4.79 Å². The summed E-state index contributed by atoms with van der Waals surface area (Å²) in [5, 5.41) is 3.36. The Morgan fingerprint density at radius 2 is 1.96 bits per heavy atom. The molecule has 0 spiro atoms. The summed E-state index contributed by atoms with van der Waals surface area (Å²) in [6, 6.07) is 11.5. The Labute approximate surface area is 154 Å². The van der Waals surface area contributed by atoms with Gasteiger partial charge in [0.25, 0.3) is 5.91 Å². The van der Waals surface area contributed by atoms with Gasteiger partial charge in [-0.25, -0.2) is 0 Å². The molecule has 0 bridgehead atoms. The largest absolute Gasteiger partial charge is 0.397 e. The minimum atomic E-state index is -0.177. The molecule has 0 aromatic heterocycles. The second-order valence-electron chi connectivity index (χ2n) is 6.75. The van der Waals surface area contributed by atoms with Crippen LogP contribution in [0.1, 0.15) is 42.1 Å². The first-order chi connectivity index (χ1) is 12.0. The zero-order valence-electron chi connectivity index (χ0n) is 14.7. The molecule has 25 heavy (non-hydrogen) atoms. The molecule has 4 nitrogen and oxygen atoms in total. The van der Waals surface area contributed by atoms with Crippen LogP contribution in [0.5, 0.6) is 0 Å². The van der Waals surface area contributed by atoms with Crippen molar-refractivity contribution >= 4 is 34.6 Å². The zero-order chi connectivity index (χ0) is 18.0.